The van der Waals surface area contributed by atoms with Crippen LogP contribution in [0.25, 0.3) is 0 Å². The van der Waals surface area contributed by atoms with Crippen molar-refractivity contribution in [2.45, 2.75) is 6.92 Å². The number of carbonyl (C=O) groups is 2. The molecule has 126 valence electrons. The Morgan fingerprint density at radius 1 is 1.26 bits per heavy atom. The van der Waals surface area contributed by atoms with Crippen molar-refractivity contribution >= 4 is 17.7 Å². The van der Waals surface area contributed by atoms with Crippen LogP contribution in [-0.4, -0.2) is 62.9 Å². The van der Waals surface area contributed by atoms with E-state index < -0.39 is 5.97 Å². The summed E-state index contributed by atoms with van der Waals surface area (Å²) < 4.78 is 10.3. The number of esters is 1. The molecule has 0 radical (unpaired) electrons. The van der Waals surface area contributed by atoms with E-state index in [1.165, 1.54) is 0 Å². The van der Waals surface area contributed by atoms with Gasteiger partial charge in [-0.2, -0.15) is 0 Å². The van der Waals surface area contributed by atoms with Crippen LogP contribution < -0.4 is 10.6 Å². The van der Waals surface area contributed by atoms with Gasteiger partial charge in [0.2, 0.25) is 0 Å². The predicted molar refractivity (Wildman–Crippen MR) is 86.7 cm³/mol. The molecule has 1 aromatic rings. The lowest BCUT2D eigenvalue weighted by molar-refractivity contribution is 0.0388. The highest BCUT2D eigenvalue weighted by atomic mass is 16.5. The molecule has 7 heteroatoms. The van der Waals surface area contributed by atoms with Gasteiger partial charge in [-0.25, -0.2) is 9.59 Å². The Bertz CT molecular complexity index is 530. The standard InChI is InChI=1S/C16H23N3O4/c1-2-23-15(20)13-5-3-4-6-14(13)18-16(21)17-7-8-19-9-11-22-12-10-19/h3-6H,2,7-12H2,1H3,(H2,17,18,21). The van der Waals surface area contributed by atoms with E-state index in [0.29, 0.717) is 24.4 Å². The van der Waals surface area contributed by atoms with Gasteiger partial charge < -0.3 is 20.1 Å². The predicted octanol–water partition coefficient (Wildman–Crippen LogP) is 1.32. The third-order valence-electron chi connectivity index (χ3n) is 3.49. The summed E-state index contributed by atoms with van der Waals surface area (Å²) in [5.41, 5.74) is 0.785. The number of ether oxygens (including phenoxy) is 2. The summed E-state index contributed by atoms with van der Waals surface area (Å²) in [6.07, 6.45) is 0. The Hall–Kier alpha value is -2.12. The highest BCUT2D eigenvalue weighted by molar-refractivity contribution is 6.00. The number of rotatable bonds is 6. The summed E-state index contributed by atoms with van der Waals surface area (Å²) in [7, 11) is 0. The van der Waals surface area contributed by atoms with Gasteiger partial charge >= 0.3 is 12.0 Å². The van der Waals surface area contributed by atoms with Crippen molar-refractivity contribution in [1.29, 1.82) is 0 Å². The van der Waals surface area contributed by atoms with Crippen LogP contribution in [0.3, 0.4) is 0 Å². The van der Waals surface area contributed by atoms with Gasteiger partial charge in [-0.3, -0.25) is 4.90 Å². The second-order valence-electron chi connectivity index (χ2n) is 5.10. The largest absolute Gasteiger partial charge is 0.462 e. The van der Waals surface area contributed by atoms with E-state index in [1.807, 2.05) is 0 Å². The average Bonchev–Trinajstić information content (AvgIpc) is 2.56. The molecule has 7 nitrogen and oxygen atoms in total. The summed E-state index contributed by atoms with van der Waals surface area (Å²) in [5, 5.41) is 5.49. The zero-order valence-corrected chi connectivity index (χ0v) is 13.3. The number of carbonyl (C=O) groups excluding carboxylic acids is 2. The maximum absolute atomic E-state index is 12.0. The molecule has 23 heavy (non-hydrogen) atoms. The minimum Gasteiger partial charge on any atom is -0.462 e. The molecule has 1 aliphatic rings. The lowest BCUT2D eigenvalue weighted by Crippen LogP contribution is -2.42. The maximum atomic E-state index is 12.0. The first-order valence-electron chi connectivity index (χ1n) is 7.82. The molecule has 0 aliphatic carbocycles. The van der Waals surface area contributed by atoms with Gasteiger partial charge in [-0.15, -0.1) is 0 Å². The van der Waals surface area contributed by atoms with E-state index in [2.05, 4.69) is 15.5 Å². The molecule has 2 N–H and O–H groups in total. The van der Waals surface area contributed by atoms with Gasteiger partial charge in [0.15, 0.2) is 0 Å². The lowest BCUT2D eigenvalue weighted by Gasteiger charge is -2.26. The van der Waals surface area contributed by atoms with Gasteiger partial charge in [-0.1, -0.05) is 12.1 Å². The van der Waals surface area contributed by atoms with E-state index in [4.69, 9.17) is 9.47 Å². The van der Waals surface area contributed by atoms with Crippen molar-refractivity contribution in [2.24, 2.45) is 0 Å². The Balaban J connectivity index is 1.81. The Kier molecular flexibility index (Phi) is 6.83. The number of para-hydroxylation sites is 1. The monoisotopic (exact) mass is 321 g/mol. The number of amides is 2. The fraction of sp³-hybridized carbons (Fsp3) is 0.500. The van der Waals surface area contributed by atoms with Crippen molar-refractivity contribution in [3.8, 4) is 0 Å². The Labute approximate surface area is 135 Å². The Morgan fingerprint density at radius 3 is 2.74 bits per heavy atom. The molecule has 1 aromatic carbocycles. The maximum Gasteiger partial charge on any atom is 0.340 e. The summed E-state index contributed by atoms with van der Waals surface area (Å²) in [6, 6.07) is 6.45. The summed E-state index contributed by atoms with van der Waals surface area (Å²) in [6.45, 7) is 6.58. The van der Waals surface area contributed by atoms with E-state index in [9.17, 15) is 9.59 Å². The average molecular weight is 321 g/mol. The zero-order valence-electron chi connectivity index (χ0n) is 13.3. The highest BCUT2D eigenvalue weighted by Crippen LogP contribution is 2.16. The molecule has 1 aliphatic heterocycles. The minimum atomic E-state index is -0.447. The normalized spacial score (nSPS) is 15.0. The lowest BCUT2D eigenvalue weighted by atomic mass is 10.2. The van der Waals surface area contributed by atoms with E-state index >= 15 is 0 Å². The number of nitrogens with one attached hydrogen (secondary N) is 2. The van der Waals surface area contributed by atoms with Crippen LogP contribution in [0, 0.1) is 0 Å². The minimum absolute atomic E-state index is 0.291. The van der Waals surface area contributed by atoms with Crippen LogP contribution in [0.5, 0.6) is 0 Å². The van der Waals surface area contributed by atoms with Gasteiger partial charge in [0.25, 0.3) is 0 Å². The first-order valence-corrected chi connectivity index (χ1v) is 7.82. The second-order valence-corrected chi connectivity index (χ2v) is 5.10. The topological polar surface area (TPSA) is 79.9 Å². The molecule has 0 spiro atoms. The fourth-order valence-corrected chi connectivity index (χ4v) is 2.30. The molecule has 2 rings (SSSR count). The first-order chi connectivity index (χ1) is 11.2. The fourth-order valence-electron chi connectivity index (χ4n) is 2.30. The molecule has 0 saturated carbocycles. The van der Waals surface area contributed by atoms with E-state index in [0.717, 1.165) is 32.8 Å². The van der Waals surface area contributed by atoms with Gasteiger partial charge in [-0.05, 0) is 19.1 Å². The number of hydrogen-bond acceptors (Lipinski definition) is 5. The molecule has 0 aromatic heterocycles. The van der Waals surface area contributed by atoms with Crippen molar-refractivity contribution in [3.05, 3.63) is 29.8 Å². The second kappa shape index (κ2) is 9.12. The van der Waals surface area contributed by atoms with Crippen LogP contribution in [0.2, 0.25) is 0 Å². The van der Waals surface area contributed by atoms with Crippen LogP contribution in [-0.2, 0) is 9.47 Å². The third kappa shape index (κ3) is 5.54. The number of urea groups is 1. The summed E-state index contributed by atoms with van der Waals surface area (Å²) in [5.74, 6) is -0.447. The van der Waals surface area contributed by atoms with E-state index in [-0.39, 0.29) is 6.03 Å². The van der Waals surface area contributed by atoms with Crippen LogP contribution in [0.1, 0.15) is 17.3 Å². The third-order valence-corrected chi connectivity index (χ3v) is 3.49. The zero-order chi connectivity index (χ0) is 16.5. The molecule has 1 saturated heterocycles. The van der Waals surface area contributed by atoms with Crippen molar-refractivity contribution in [2.75, 3.05) is 51.3 Å². The van der Waals surface area contributed by atoms with Crippen LogP contribution >= 0.6 is 0 Å². The van der Waals surface area contributed by atoms with Gasteiger partial charge in [0.1, 0.15) is 0 Å². The van der Waals surface area contributed by atoms with Crippen molar-refractivity contribution in [3.63, 3.8) is 0 Å². The Morgan fingerprint density at radius 2 is 2.00 bits per heavy atom. The first kappa shape index (κ1) is 17.2. The van der Waals surface area contributed by atoms with Crippen LogP contribution in [0.15, 0.2) is 24.3 Å². The molecular weight excluding hydrogens is 298 g/mol. The molecule has 0 unspecified atom stereocenters. The number of morpholine rings is 1. The van der Waals surface area contributed by atoms with Gasteiger partial charge in [0, 0.05) is 26.2 Å². The summed E-state index contributed by atoms with van der Waals surface area (Å²) in [4.78, 5) is 26.1. The SMILES string of the molecule is CCOC(=O)c1ccccc1NC(=O)NCCN1CCOCC1. The van der Waals surface area contributed by atoms with E-state index in [1.54, 1.807) is 31.2 Å². The van der Waals surface area contributed by atoms with Crippen LogP contribution in [0.4, 0.5) is 10.5 Å². The van der Waals surface area contributed by atoms with Crippen molar-refractivity contribution in [1.82, 2.24) is 10.2 Å². The molecule has 0 bridgehead atoms. The van der Waals surface area contributed by atoms with Crippen molar-refractivity contribution < 1.29 is 19.1 Å². The smallest absolute Gasteiger partial charge is 0.340 e. The number of benzene rings is 1. The number of nitrogens with zero attached hydrogens (tertiary/aromatic N) is 1. The molecule has 1 heterocycles. The quantitative estimate of drug-likeness (QED) is 0.773. The molecule has 0 atom stereocenters. The number of hydrogen-bond donors (Lipinski definition) is 2. The summed E-state index contributed by atoms with van der Waals surface area (Å²) >= 11 is 0. The number of anilines is 1. The molecular formula is C16H23N3O4. The highest BCUT2D eigenvalue weighted by Gasteiger charge is 2.14. The molecule has 1 fully saturated rings. The molecule has 2 amide bonds. The van der Waals surface area contributed by atoms with Gasteiger partial charge in [0.05, 0.1) is 31.1 Å².